The number of aromatic nitrogens is 2. The molecule has 0 aromatic carbocycles. The molecule has 0 atom stereocenters. The van der Waals surface area contributed by atoms with E-state index in [1.165, 1.54) is 6.20 Å². The first-order valence-corrected chi connectivity index (χ1v) is 3.49. The van der Waals surface area contributed by atoms with Crippen LogP contribution in [0.5, 0.6) is 0 Å². The lowest BCUT2D eigenvalue weighted by atomic mass is 10.3. The quantitative estimate of drug-likeness (QED) is 0.441. The Morgan fingerprint density at radius 2 is 2.42 bits per heavy atom. The van der Waals surface area contributed by atoms with Gasteiger partial charge in [0.2, 0.25) is 5.95 Å². The summed E-state index contributed by atoms with van der Waals surface area (Å²) in [5.74, 6) is 5.11. The lowest BCUT2D eigenvalue weighted by Gasteiger charge is -1.94. The zero-order valence-electron chi connectivity index (χ0n) is 6.08. The molecule has 12 heavy (non-hydrogen) atoms. The Labute approximate surface area is 74.4 Å². The van der Waals surface area contributed by atoms with Gasteiger partial charge >= 0.3 is 0 Å². The average molecular weight is 184 g/mol. The second kappa shape index (κ2) is 3.90. The Hall–Kier alpha value is -1.31. The number of hydrogen-bond donors (Lipinski definition) is 2. The van der Waals surface area contributed by atoms with Crippen molar-refractivity contribution in [2.45, 2.75) is 0 Å². The molecular weight excluding hydrogens is 178 g/mol. The Bertz CT molecular complexity index is 342. The van der Waals surface area contributed by atoms with Crippen molar-refractivity contribution in [2.75, 3.05) is 12.3 Å². The minimum atomic E-state index is -0.222. The summed E-state index contributed by atoms with van der Waals surface area (Å²) in [7, 11) is 0. The number of aliphatic hydroxyl groups excluding tert-OH is 1. The third-order valence-corrected chi connectivity index (χ3v) is 1.35. The molecule has 5 heteroatoms. The van der Waals surface area contributed by atoms with E-state index in [0.717, 1.165) is 0 Å². The number of nitrogens with two attached hydrogens (primary N) is 1. The van der Waals surface area contributed by atoms with Gasteiger partial charge in [-0.15, -0.1) is 0 Å². The minimum Gasteiger partial charge on any atom is -0.384 e. The van der Waals surface area contributed by atoms with Gasteiger partial charge in [-0.2, -0.15) is 4.98 Å². The molecule has 0 saturated carbocycles. The first kappa shape index (κ1) is 8.78. The third-order valence-electron chi connectivity index (χ3n) is 1.06. The molecule has 0 saturated heterocycles. The molecule has 4 nitrogen and oxygen atoms in total. The lowest BCUT2D eigenvalue weighted by molar-refractivity contribution is 0.350. The highest BCUT2D eigenvalue weighted by molar-refractivity contribution is 6.30. The van der Waals surface area contributed by atoms with Gasteiger partial charge in [0.1, 0.15) is 11.8 Å². The van der Waals surface area contributed by atoms with E-state index in [9.17, 15) is 0 Å². The summed E-state index contributed by atoms with van der Waals surface area (Å²) in [5.41, 5.74) is 5.71. The molecule has 62 valence electrons. The molecule has 1 rings (SSSR count). The van der Waals surface area contributed by atoms with Gasteiger partial charge in [0.25, 0.3) is 0 Å². The molecule has 1 aromatic rings. The van der Waals surface area contributed by atoms with Gasteiger partial charge in [-0.3, -0.25) is 0 Å². The zero-order valence-corrected chi connectivity index (χ0v) is 6.84. The van der Waals surface area contributed by atoms with Crippen molar-refractivity contribution >= 4 is 17.5 Å². The monoisotopic (exact) mass is 183 g/mol. The molecule has 0 unspecified atom stereocenters. The fourth-order valence-electron chi connectivity index (χ4n) is 0.592. The highest BCUT2D eigenvalue weighted by Gasteiger charge is 1.98. The normalized spacial score (nSPS) is 8.83. The highest BCUT2D eigenvalue weighted by Crippen LogP contribution is 2.10. The molecule has 3 N–H and O–H groups in total. The maximum Gasteiger partial charge on any atom is 0.221 e. The summed E-state index contributed by atoms with van der Waals surface area (Å²) < 4.78 is 0. The van der Waals surface area contributed by atoms with Crippen LogP contribution in [0.15, 0.2) is 6.20 Å². The maximum atomic E-state index is 8.39. The molecule has 0 spiro atoms. The van der Waals surface area contributed by atoms with Crippen LogP contribution in [0.3, 0.4) is 0 Å². The predicted octanol–water partition coefficient (Wildman–Crippen LogP) is 0.0560. The zero-order chi connectivity index (χ0) is 8.97. The second-order valence-electron chi connectivity index (χ2n) is 1.89. The summed E-state index contributed by atoms with van der Waals surface area (Å²) in [5, 5.41) is 8.59. The van der Waals surface area contributed by atoms with E-state index >= 15 is 0 Å². The van der Waals surface area contributed by atoms with Crippen molar-refractivity contribution < 1.29 is 5.11 Å². The van der Waals surface area contributed by atoms with Crippen molar-refractivity contribution in [2.24, 2.45) is 0 Å². The van der Waals surface area contributed by atoms with Crippen LogP contribution < -0.4 is 5.73 Å². The molecule has 0 fully saturated rings. The van der Waals surface area contributed by atoms with Crippen LogP contribution in [0, 0.1) is 11.8 Å². The van der Waals surface area contributed by atoms with E-state index in [1.807, 2.05) is 0 Å². The van der Waals surface area contributed by atoms with Crippen LogP contribution in [0.4, 0.5) is 5.95 Å². The largest absolute Gasteiger partial charge is 0.384 e. The molecule has 1 aromatic heterocycles. The van der Waals surface area contributed by atoms with Crippen LogP contribution in [0.1, 0.15) is 5.56 Å². The molecule has 0 aliphatic rings. The van der Waals surface area contributed by atoms with Crippen LogP contribution in [-0.4, -0.2) is 21.7 Å². The van der Waals surface area contributed by atoms with Crippen LogP contribution in [0.2, 0.25) is 5.15 Å². The smallest absolute Gasteiger partial charge is 0.221 e. The van der Waals surface area contributed by atoms with E-state index in [0.29, 0.717) is 5.56 Å². The number of rotatable bonds is 0. The fourth-order valence-corrected chi connectivity index (χ4v) is 0.775. The molecular formula is C7H6ClN3O. The van der Waals surface area contributed by atoms with Crippen LogP contribution in [-0.2, 0) is 0 Å². The van der Waals surface area contributed by atoms with Crippen molar-refractivity contribution in [3.05, 3.63) is 16.9 Å². The Morgan fingerprint density at radius 1 is 1.67 bits per heavy atom. The lowest BCUT2D eigenvalue weighted by Crippen LogP contribution is -1.95. The summed E-state index contributed by atoms with van der Waals surface area (Å²) in [6, 6.07) is 0. The van der Waals surface area contributed by atoms with Crippen molar-refractivity contribution in [1.29, 1.82) is 0 Å². The number of nitrogens with zero attached hydrogens (tertiary/aromatic N) is 2. The summed E-state index contributed by atoms with van der Waals surface area (Å²) in [4.78, 5) is 7.37. The Balaban J connectivity index is 3.01. The van der Waals surface area contributed by atoms with E-state index in [1.54, 1.807) is 0 Å². The fraction of sp³-hybridized carbons (Fsp3) is 0.143. The molecule has 0 radical (unpaired) electrons. The topological polar surface area (TPSA) is 72.0 Å². The standard InChI is InChI=1S/C7H6ClN3O/c8-6-5(2-1-3-12)4-10-7(9)11-6/h4,12H,3H2,(H2,9,10,11). The minimum absolute atomic E-state index is 0.106. The number of nitrogen functional groups attached to an aromatic ring is 1. The van der Waals surface area contributed by atoms with E-state index < -0.39 is 0 Å². The first-order chi connectivity index (χ1) is 5.74. The summed E-state index contributed by atoms with van der Waals surface area (Å²) in [6.45, 7) is -0.222. The second-order valence-corrected chi connectivity index (χ2v) is 2.25. The summed E-state index contributed by atoms with van der Waals surface area (Å²) in [6.07, 6.45) is 1.41. The molecule has 0 aliphatic heterocycles. The molecule has 0 bridgehead atoms. The van der Waals surface area contributed by atoms with Gasteiger partial charge in [0.15, 0.2) is 0 Å². The van der Waals surface area contributed by atoms with Gasteiger partial charge in [-0.25, -0.2) is 4.98 Å². The van der Waals surface area contributed by atoms with Gasteiger partial charge < -0.3 is 10.8 Å². The van der Waals surface area contributed by atoms with Gasteiger partial charge in [0.05, 0.1) is 5.56 Å². The van der Waals surface area contributed by atoms with Crippen molar-refractivity contribution in [1.82, 2.24) is 9.97 Å². The van der Waals surface area contributed by atoms with E-state index in [-0.39, 0.29) is 17.7 Å². The SMILES string of the molecule is Nc1ncc(C#CCO)c(Cl)n1. The summed E-state index contributed by atoms with van der Waals surface area (Å²) >= 11 is 5.65. The number of hydrogen-bond acceptors (Lipinski definition) is 4. The molecule has 1 heterocycles. The van der Waals surface area contributed by atoms with Crippen LogP contribution in [0.25, 0.3) is 0 Å². The number of halogens is 1. The Morgan fingerprint density at radius 3 is 3.00 bits per heavy atom. The van der Waals surface area contributed by atoms with Gasteiger partial charge in [0, 0.05) is 6.20 Å². The maximum absolute atomic E-state index is 8.39. The predicted molar refractivity (Wildman–Crippen MR) is 45.4 cm³/mol. The van der Waals surface area contributed by atoms with E-state index in [2.05, 4.69) is 21.8 Å². The molecule has 0 aliphatic carbocycles. The van der Waals surface area contributed by atoms with Crippen molar-refractivity contribution in [3.63, 3.8) is 0 Å². The third kappa shape index (κ3) is 2.09. The number of anilines is 1. The van der Waals surface area contributed by atoms with E-state index in [4.69, 9.17) is 22.4 Å². The highest BCUT2D eigenvalue weighted by atomic mass is 35.5. The number of aliphatic hydroxyl groups is 1. The van der Waals surface area contributed by atoms with Crippen molar-refractivity contribution in [3.8, 4) is 11.8 Å². The molecule has 0 amide bonds. The first-order valence-electron chi connectivity index (χ1n) is 3.12. The Kier molecular flexibility index (Phi) is 2.86. The van der Waals surface area contributed by atoms with Gasteiger partial charge in [-0.1, -0.05) is 23.4 Å². The average Bonchev–Trinajstić information content (AvgIpc) is 2.03. The van der Waals surface area contributed by atoms with Gasteiger partial charge in [-0.05, 0) is 0 Å². The van der Waals surface area contributed by atoms with Crippen LogP contribution >= 0.6 is 11.6 Å².